The molecule has 1 aliphatic heterocycles. The molecule has 104 valence electrons. The quantitative estimate of drug-likeness (QED) is 0.871. The lowest BCUT2D eigenvalue weighted by Gasteiger charge is -2.36. The van der Waals surface area contributed by atoms with Crippen molar-refractivity contribution in [3.05, 3.63) is 34.3 Å². The molecule has 1 N–H and O–H groups in total. The molecule has 1 aromatic carbocycles. The average molecular weight is 356 g/mol. The van der Waals surface area contributed by atoms with Crippen molar-refractivity contribution in [2.24, 2.45) is 0 Å². The van der Waals surface area contributed by atoms with Crippen LogP contribution < -0.4 is 5.32 Å². The van der Waals surface area contributed by atoms with Crippen LogP contribution in [-0.2, 0) is 0 Å². The number of nitrogens with zero attached hydrogens (tertiary/aromatic N) is 1. The highest BCUT2D eigenvalue weighted by molar-refractivity contribution is 9.10. The lowest BCUT2D eigenvalue weighted by atomic mass is 10.1. The van der Waals surface area contributed by atoms with E-state index < -0.39 is 0 Å². The molecule has 2 nitrogen and oxygen atoms in total. The van der Waals surface area contributed by atoms with Gasteiger partial charge in [0.2, 0.25) is 0 Å². The van der Waals surface area contributed by atoms with Gasteiger partial charge in [-0.05, 0) is 25.5 Å². The smallest absolute Gasteiger partial charge is 0.0332 e. The van der Waals surface area contributed by atoms with Crippen LogP contribution in [-0.4, -0.2) is 30.6 Å². The van der Waals surface area contributed by atoms with Gasteiger partial charge in [-0.2, -0.15) is 0 Å². The Kier molecular flexibility index (Phi) is 8.48. The molecule has 0 aromatic heterocycles. The highest BCUT2D eigenvalue weighted by atomic mass is 79.9. The summed E-state index contributed by atoms with van der Waals surface area (Å²) in [5.74, 6) is 0. The summed E-state index contributed by atoms with van der Waals surface area (Å²) >= 11 is 3.64. The van der Waals surface area contributed by atoms with E-state index >= 15 is 0 Å². The van der Waals surface area contributed by atoms with Crippen molar-refractivity contribution in [3.63, 3.8) is 0 Å². The van der Waals surface area contributed by atoms with Crippen molar-refractivity contribution < 1.29 is 0 Å². The summed E-state index contributed by atoms with van der Waals surface area (Å²) in [5.41, 5.74) is 1.39. The van der Waals surface area contributed by atoms with E-state index in [0.717, 1.165) is 19.6 Å². The van der Waals surface area contributed by atoms with Crippen LogP contribution in [0.15, 0.2) is 28.7 Å². The first-order chi connectivity index (χ1) is 7.68. The summed E-state index contributed by atoms with van der Waals surface area (Å²) in [6.07, 6.45) is 0. The molecule has 1 heterocycles. The van der Waals surface area contributed by atoms with Gasteiger partial charge in [0, 0.05) is 36.2 Å². The Balaban J connectivity index is 0.00000144. The Morgan fingerprint density at radius 1 is 1.33 bits per heavy atom. The molecular formula is C13H21BrCl2N2. The van der Waals surface area contributed by atoms with Gasteiger partial charge < -0.3 is 5.32 Å². The zero-order valence-corrected chi connectivity index (χ0v) is 13.9. The maximum Gasteiger partial charge on any atom is 0.0332 e. The second kappa shape index (κ2) is 8.39. The summed E-state index contributed by atoms with van der Waals surface area (Å²) in [7, 11) is 0. The minimum Gasteiger partial charge on any atom is -0.312 e. The molecule has 1 fully saturated rings. The first-order valence-corrected chi connectivity index (χ1v) is 6.69. The summed E-state index contributed by atoms with van der Waals surface area (Å²) in [4.78, 5) is 2.54. The fourth-order valence-electron chi connectivity index (χ4n) is 2.32. The van der Waals surface area contributed by atoms with E-state index in [9.17, 15) is 0 Å². The number of piperazine rings is 1. The van der Waals surface area contributed by atoms with E-state index in [1.807, 2.05) is 0 Å². The van der Waals surface area contributed by atoms with Crippen molar-refractivity contribution >= 4 is 40.7 Å². The van der Waals surface area contributed by atoms with Crippen LogP contribution in [0.4, 0.5) is 0 Å². The van der Waals surface area contributed by atoms with Crippen molar-refractivity contribution in [2.45, 2.75) is 25.9 Å². The predicted octanol–water partition coefficient (Wildman–Crippen LogP) is 3.65. The number of hydrogen-bond acceptors (Lipinski definition) is 2. The fraction of sp³-hybridized carbons (Fsp3) is 0.538. The third-order valence-corrected chi connectivity index (χ3v) is 4.03. The van der Waals surface area contributed by atoms with Crippen molar-refractivity contribution in [1.29, 1.82) is 0 Å². The molecule has 1 aliphatic rings. The summed E-state index contributed by atoms with van der Waals surface area (Å²) in [6.45, 7) is 7.89. The van der Waals surface area contributed by atoms with Crippen LogP contribution in [0, 0.1) is 0 Å². The van der Waals surface area contributed by atoms with E-state index in [0.29, 0.717) is 12.1 Å². The molecule has 1 aromatic rings. The maximum absolute atomic E-state index is 3.64. The predicted molar refractivity (Wildman–Crippen MR) is 86.1 cm³/mol. The lowest BCUT2D eigenvalue weighted by Crippen LogP contribution is -2.49. The van der Waals surface area contributed by atoms with Crippen molar-refractivity contribution in [2.75, 3.05) is 19.6 Å². The summed E-state index contributed by atoms with van der Waals surface area (Å²) < 4.78 is 1.22. The molecule has 0 spiro atoms. The third kappa shape index (κ3) is 4.39. The van der Waals surface area contributed by atoms with Crippen molar-refractivity contribution in [1.82, 2.24) is 10.2 Å². The Bertz CT molecular complexity index is 363. The number of halogens is 3. The van der Waals surface area contributed by atoms with Crippen LogP contribution in [0.3, 0.4) is 0 Å². The van der Waals surface area contributed by atoms with Gasteiger partial charge >= 0.3 is 0 Å². The molecule has 0 amide bonds. The average Bonchev–Trinajstić information content (AvgIpc) is 2.29. The van der Waals surface area contributed by atoms with Crippen LogP contribution in [0.2, 0.25) is 0 Å². The van der Waals surface area contributed by atoms with Gasteiger partial charge in [0.05, 0.1) is 0 Å². The Morgan fingerprint density at radius 3 is 2.61 bits per heavy atom. The molecule has 5 heteroatoms. The Labute approximate surface area is 130 Å². The normalized spacial score (nSPS) is 21.6. The first kappa shape index (κ1) is 18.2. The largest absolute Gasteiger partial charge is 0.312 e. The number of nitrogens with one attached hydrogen (secondary N) is 1. The van der Waals surface area contributed by atoms with Gasteiger partial charge in [-0.25, -0.2) is 0 Å². The van der Waals surface area contributed by atoms with Crippen molar-refractivity contribution in [3.8, 4) is 0 Å². The lowest BCUT2D eigenvalue weighted by molar-refractivity contribution is 0.158. The summed E-state index contributed by atoms with van der Waals surface area (Å²) in [6, 6.07) is 9.60. The molecule has 0 radical (unpaired) electrons. The van der Waals surface area contributed by atoms with E-state index in [1.54, 1.807) is 0 Å². The molecule has 1 saturated heterocycles. The third-order valence-electron chi connectivity index (χ3n) is 3.30. The zero-order chi connectivity index (χ0) is 11.5. The second-order valence-corrected chi connectivity index (χ2v) is 5.40. The monoisotopic (exact) mass is 354 g/mol. The first-order valence-electron chi connectivity index (χ1n) is 5.90. The molecular weight excluding hydrogens is 335 g/mol. The topological polar surface area (TPSA) is 15.3 Å². The highest BCUT2D eigenvalue weighted by Gasteiger charge is 2.22. The molecule has 0 aliphatic carbocycles. The molecule has 2 atom stereocenters. The molecule has 18 heavy (non-hydrogen) atoms. The van der Waals surface area contributed by atoms with Gasteiger partial charge in [0.1, 0.15) is 0 Å². The van der Waals surface area contributed by atoms with Gasteiger partial charge in [0.25, 0.3) is 0 Å². The van der Waals surface area contributed by atoms with Crippen LogP contribution in [0.1, 0.15) is 25.5 Å². The second-order valence-electron chi connectivity index (χ2n) is 4.55. The van der Waals surface area contributed by atoms with E-state index in [-0.39, 0.29) is 24.8 Å². The Hall–Kier alpha value is 0.200. The Morgan fingerprint density at radius 2 is 2.00 bits per heavy atom. The van der Waals surface area contributed by atoms with Crippen LogP contribution in [0.5, 0.6) is 0 Å². The number of benzene rings is 1. The maximum atomic E-state index is 3.64. The molecule has 0 saturated carbocycles. The van der Waals surface area contributed by atoms with E-state index in [4.69, 9.17) is 0 Å². The van der Waals surface area contributed by atoms with Gasteiger partial charge in [0.15, 0.2) is 0 Å². The summed E-state index contributed by atoms with van der Waals surface area (Å²) in [5, 5.41) is 3.48. The standard InChI is InChI=1S/C13H19BrN2.2ClH/c1-10-9-16(8-7-15-10)11(2)12-5-3-4-6-13(12)14;;/h3-6,10-11,15H,7-9H2,1-2H3;2*1H/t10-,11?;;/m0../s1. The van der Waals surface area contributed by atoms with Gasteiger partial charge in [-0.1, -0.05) is 34.1 Å². The minimum absolute atomic E-state index is 0. The number of hydrogen-bond donors (Lipinski definition) is 1. The van der Waals surface area contributed by atoms with Crippen LogP contribution in [0.25, 0.3) is 0 Å². The van der Waals surface area contributed by atoms with Gasteiger partial charge in [-0.15, -0.1) is 24.8 Å². The molecule has 2 rings (SSSR count). The number of rotatable bonds is 2. The van der Waals surface area contributed by atoms with E-state index in [1.165, 1.54) is 10.0 Å². The van der Waals surface area contributed by atoms with Gasteiger partial charge in [-0.3, -0.25) is 4.90 Å². The SMILES string of the molecule is CC(c1ccccc1Br)N1CCN[C@@H](C)C1.Cl.Cl. The zero-order valence-electron chi connectivity index (χ0n) is 10.7. The van der Waals surface area contributed by atoms with Crippen LogP contribution >= 0.6 is 40.7 Å². The molecule has 0 bridgehead atoms. The van der Waals surface area contributed by atoms with E-state index in [2.05, 4.69) is 64.3 Å². The highest BCUT2D eigenvalue weighted by Crippen LogP contribution is 2.27. The fourth-order valence-corrected chi connectivity index (χ4v) is 2.94. The molecule has 1 unspecified atom stereocenters. The minimum atomic E-state index is 0.